The second-order valence-corrected chi connectivity index (χ2v) is 7.41. The number of aromatic amines is 1. The van der Waals surface area contributed by atoms with E-state index in [-0.39, 0.29) is 11.4 Å². The van der Waals surface area contributed by atoms with Crippen LogP contribution < -0.4 is 10.9 Å². The lowest BCUT2D eigenvalue weighted by Crippen LogP contribution is -2.21. The standard InChI is InChI=1S/C25H20FN5O/c26-19-11-9-17(10-12-19)23-22-14-18(15-27-16-20-6-4-5-13-28-20)25(32)29-24(22)31(30-23)21-7-2-1-3-8-21/h1-14,27H,15-16H2,(H,29,32). The van der Waals surface area contributed by atoms with Crippen molar-refractivity contribution in [3.8, 4) is 16.9 Å². The van der Waals surface area contributed by atoms with E-state index in [9.17, 15) is 9.18 Å². The first-order valence-corrected chi connectivity index (χ1v) is 10.3. The third-order valence-electron chi connectivity index (χ3n) is 5.23. The van der Waals surface area contributed by atoms with Gasteiger partial charge in [0.25, 0.3) is 5.56 Å². The number of benzene rings is 2. The second kappa shape index (κ2) is 8.56. The Hall–Kier alpha value is -4.10. The quantitative estimate of drug-likeness (QED) is 0.427. The molecule has 6 nitrogen and oxygen atoms in total. The smallest absolute Gasteiger partial charge is 0.254 e. The molecule has 158 valence electrons. The minimum absolute atomic E-state index is 0.186. The minimum atomic E-state index is -0.312. The number of hydrogen-bond acceptors (Lipinski definition) is 4. The van der Waals surface area contributed by atoms with Crippen molar-refractivity contribution in [2.24, 2.45) is 0 Å². The molecule has 0 spiro atoms. The molecule has 2 aromatic carbocycles. The van der Waals surface area contributed by atoms with Crippen molar-refractivity contribution in [3.05, 3.63) is 112 Å². The fraction of sp³-hybridized carbons (Fsp3) is 0.0800. The molecule has 0 saturated heterocycles. The molecule has 5 rings (SSSR count). The van der Waals surface area contributed by atoms with Gasteiger partial charge in [0.2, 0.25) is 0 Å². The zero-order valence-corrected chi connectivity index (χ0v) is 17.1. The Balaban J connectivity index is 1.57. The molecule has 3 aromatic heterocycles. The predicted octanol–water partition coefficient (Wildman–Crippen LogP) is 4.20. The van der Waals surface area contributed by atoms with Crippen molar-refractivity contribution < 1.29 is 4.39 Å². The van der Waals surface area contributed by atoms with E-state index in [1.807, 2.05) is 54.6 Å². The third kappa shape index (κ3) is 3.93. The lowest BCUT2D eigenvalue weighted by Gasteiger charge is -2.06. The summed E-state index contributed by atoms with van der Waals surface area (Å²) in [6.07, 6.45) is 1.74. The van der Waals surface area contributed by atoms with Crippen LogP contribution in [0.15, 0.2) is 89.9 Å². The fourth-order valence-corrected chi connectivity index (χ4v) is 3.65. The molecule has 0 bridgehead atoms. The zero-order valence-electron chi connectivity index (χ0n) is 17.1. The van der Waals surface area contributed by atoms with E-state index in [1.54, 1.807) is 23.0 Å². The Labute approximate surface area is 183 Å². The maximum Gasteiger partial charge on any atom is 0.254 e. The van der Waals surface area contributed by atoms with Gasteiger partial charge in [-0.2, -0.15) is 5.10 Å². The Kier molecular flexibility index (Phi) is 5.31. The van der Waals surface area contributed by atoms with Gasteiger partial charge in [-0.05, 0) is 54.6 Å². The van der Waals surface area contributed by atoms with Gasteiger partial charge in [-0.1, -0.05) is 24.3 Å². The highest BCUT2D eigenvalue weighted by Gasteiger charge is 2.16. The van der Waals surface area contributed by atoms with Crippen LogP contribution in [0, 0.1) is 5.82 Å². The fourth-order valence-electron chi connectivity index (χ4n) is 3.65. The van der Waals surface area contributed by atoms with Crippen molar-refractivity contribution in [3.63, 3.8) is 0 Å². The summed E-state index contributed by atoms with van der Waals surface area (Å²) in [5, 5.41) is 8.82. The normalized spacial score (nSPS) is 11.2. The highest BCUT2D eigenvalue weighted by atomic mass is 19.1. The molecule has 0 amide bonds. The number of rotatable bonds is 6. The molecular weight excluding hydrogens is 405 g/mol. The molecule has 2 N–H and O–H groups in total. The molecule has 0 radical (unpaired) electrons. The first-order chi connectivity index (χ1) is 15.7. The summed E-state index contributed by atoms with van der Waals surface area (Å²) < 4.78 is 15.2. The van der Waals surface area contributed by atoms with E-state index in [2.05, 4.69) is 15.3 Å². The molecule has 0 unspecified atom stereocenters. The number of aromatic nitrogens is 4. The van der Waals surface area contributed by atoms with Crippen molar-refractivity contribution in [1.29, 1.82) is 0 Å². The highest BCUT2D eigenvalue weighted by Crippen LogP contribution is 2.29. The monoisotopic (exact) mass is 425 g/mol. The summed E-state index contributed by atoms with van der Waals surface area (Å²) in [6.45, 7) is 0.924. The first kappa shape index (κ1) is 19.8. The molecule has 0 aliphatic heterocycles. The second-order valence-electron chi connectivity index (χ2n) is 7.41. The van der Waals surface area contributed by atoms with Crippen LogP contribution in [0.3, 0.4) is 0 Å². The van der Waals surface area contributed by atoms with Crippen LogP contribution in [-0.2, 0) is 13.1 Å². The SMILES string of the molecule is O=c1[nH]c2c(cc1CNCc1ccccn1)c(-c1ccc(F)cc1)nn2-c1ccccc1. The van der Waals surface area contributed by atoms with E-state index in [0.717, 1.165) is 22.3 Å². The van der Waals surface area contributed by atoms with Gasteiger partial charge >= 0.3 is 0 Å². The first-order valence-electron chi connectivity index (χ1n) is 10.3. The molecule has 0 aliphatic rings. The van der Waals surface area contributed by atoms with E-state index in [1.165, 1.54) is 12.1 Å². The molecule has 5 aromatic rings. The van der Waals surface area contributed by atoms with Crippen LogP contribution in [0.2, 0.25) is 0 Å². The molecule has 0 fully saturated rings. The Morgan fingerprint density at radius 2 is 1.72 bits per heavy atom. The maximum atomic E-state index is 13.5. The van der Waals surface area contributed by atoms with Crippen LogP contribution in [0.4, 0.5) is 4.39 Å². The Bertz CT molecular complexity index is 1410. The van der Waals surface area contributed by atoms with E-state index < -0.39 is 0 Å². The summed E-state index contributed by atoms with van der Waals surface area (Å²) in [7, 11) is 0. The van der Waals surface area contributed by atoms with Gasteiger partial charge in [-0.3, -0.25) is 9.78 Å². The third-order valence-corrected chi connectivity index (χ3v) is 5.23. The summed E-state index contributed by atoms with van der Waals surface area (Å²) in [5.74, 6) is -0.312. The average Bonchev–Trinajstić information content (AvgIpc) is 3.19. The molecular formula is C25H20FN5O. The number of fused-ring (bicyclic) bond motifs is 1. The Morgan fingerprint density at radius 1 is 0.938 bits per heavy atom. The zero-order chi connectivity index (χ0) is 21.9. The van der Waals surface area contributed by atoms with Crippen molar-refractivity contribution in [2.45, 2.75) is 13.1 Å². The average molecular weight is 425 g/mol. The van der Waals surface area contributed by atoms with Gasteiger partial charge in [-0.15, -0.1) is 0 Å². The number of nitrogens with zero attached hydrogens (tertiary/aromatic N) is 3. The molecule has 3 heterocycles. The van der Waals surface area contributed by atoms with Crippen LogP contribution in [0.25, 0.3) is 28.0 Å². The topological polar surface area (TPSA) is 75.6 Å². The molecule has 32 heavy (non-hydrogen) atoms. The van der Waals surface area contributed by atoms with Gasteiger partial charge in [0.05, 0.1) is 11.4 Å². The van der Waals surface area contributed by atoms with Gasteiger partial charge in [-0.25, -0.2) is 9.07 Å². The molecule has 7 heteroatoms. The molecule has 0 aliphatic carbocycles. The summed E-state index contributed by atoms with van der Waals surface area (Å²) in [6, 6.07) is 23.3. The van der Waals surface area contributed by atoms with Crippen molar-refractivity contribution in [1.82, 2.24) is 25.1 Å². The largest absolute Gasteiger partial charge is 0.307 e. The van der Waals surface area contributed by atoms with Crippen molar-refractivity contribution >= 4 is 11.0 Å². The number of hydrogen-bond donors (Lipinski definition) is 2. The van der Waals surface area contributed by atoms with E-state index in [4.69, 9.17) is 5.10 Å². The number of halogens is 1. The van der Waals surface area contributed by atoms with Crippen LogP contribution in [-0.4, -0.2) is 19.7 Å². The van der Waals surface area contributed by atoms with Crippen LogP contribution >= 0.6 is 0 Å². The van der Waals surface area contributed by atoms with Gasteiger partial charge in [0, 0.05) is 35.8 Å². The minimum Gasteiger partial charge on any atom is -0.307 e. The van der Waals surface area contributed by atoms with Gasteiger partial charge in [0.1, 0.15) is 17.2 Å². The van der Waals surface area contributed by atoms with Crippen molar-refractivity contribution in [2.75, 3.05) is 0 Å². The van der Waals surface area contributed by atoms with E-state index in [0.29, 0.717) is 30.0 Å². The highest BCUT2D eigenvalue weighted by molar-refractivity contribution is 5.92. The number of H-pyrrole nitrogens is 1. The van der Waals surface area contributed by atoms with Crippen LogP contribution in [0.5, 0.6) is 0 Å². The molecule has 0 saturated carbocycles. The lowest BCUT2D eigenvalue weighted by molar-refractivity contribution is 0.628. The maximum absolute atomic E-state index is 13.5. The van der Waals surface area contributed by atoms with Gasteiger partial charge in [0.15, 0.2) is 0 Å². The van der Waals surface area contributed by atoms with Crippen LogP contribution in [0.1, 0.15) is 11.3 Å². The number of para-hydroxylation sites is 1. The lowest BCUT2D eigenvalue weighted by atomic mass is 10.1. The van der Waals surface area contributed by atoms with Gasteiger partial charge < -0.3 is 10.3 Å². The Morgan fingerprint density at radius 3 is 2.47 bits per heavy atom. The predicted molar refractivity (Wildman–Crippen MR) is 122 cm³/mol. The van der Waals surface area contributed by atoms with E-state index >= 15 is 0 Å². The number of pyridine rings is 2. The summed E-state index contributed by atoms with van der Waals surface area (Å²) in [4.78, 5) is 20.1. The summed E-state index contributed by atoms with van der Waals surface area (Å²) in [5.41, 5.74) is 4.15. The molecule has 0 atom stereocenters. The number of nitrogens with one attached hydrogen (secondary N) is 2. The summed E-state index contributed by atoms with van der Waals surface area (Å²) >= 11 is 0.